The van der Waals surface area contributed by atoms with Gasteiger partial charge in [-0.05, 0) is 35.9 Å². The molecule has 3 aromatic rings. The molecule has 0 saturated heterocycles. The van der Waals surface area contributed by atoms with Crippen molar-refractivity contribution >= 4 is 23.3 Å². The number of pyridine rings is 1. The number of anilines is 1. The maximum absolute atomic E-state index is 11.9. The van der Waals surface area contributed by atoms with E-state index in [1.165, 1.54) is 0 Å². The van der Waals surface area contributed by atoms with Crippen molar-refractivity contribution in [1.82, 2.24) is 14.8 Å². The first-order chi connectivity index (χ1) is 11.7. The van der Waals surface area contributed by atoms with E-state index in [2.05, 4.69) is 15.4 Å². The average Bonchev–Trinajstić information content (AvgIpc) is 3.01. The third-order valence-electron chi connectivity index (χ3n) is 3.17. The highest BCUT2D eigenvalue weighted by Gasteiger charge is 2.07. The summed E-state index contributed by atoms with van der Waals surface area (Å²) in [6.07, 6.45) is 5.26. The first kappa shape index (κ1) is 16.0. The van der Waals surface area contributed by atoms with Gasteiger partial charge in [0.15, 0.2) is 12.4 Å². The summed E-state index contributed by atoms with van der Waals surface area (Å²) in [5.41, 5.74) is 1.08. The van der Waals surface area contributed by atoms with E-state index in [-0.39, 0.29) is 12.5 Å². The summed E-state index contributed by atoms with van der Waals surface area (Å²) in [5, 5.41) is 7.55. The van der Waals surface area contributed by atoms with Crippen molar-refractivity contribution in [1.29, 1.82) is 0 Å². The van der Waals surface area contributed by atoms with Crippen molar-refractivity contribution in [2.75, 3.05) is 11.9 Å². The molecule has 1 amide bonds. The second kappa shape index (κ2) is 7.61. The van der Waals surface area contributed by atoms with Crippen molar-refractivity contribution in [3.05, 3.63) is 71.6 Å². The molecule has 0 bridgehead atoms. The van der Waals surface area contributed by atoms with Gasteiger partial charge >= 0.3 is 0 Å². The Labute approximate surface area is 144 Å². The highest BCUT2D eigenvalue weighted by atomic mass is 35.5. The van der Waals surface area contributed by atoms with Crippen molar-refractivity contribution < 1.29 is 9.53 Å². The monoisotopic (exact) mass is 342 g/mol. The number of benzene rings is 1. The van der Waals surface area contributed by atoms with Crippen LogP contribution in [-0.4, -0.2) is 27.3 Å². The predicted octanol–water partition coefficient (Wildman–Crippen LogP) is 3.00. The Morgan fingerprint density at radius 1 is 1.21 bits per heavy atom. The van der Waals surface area contributed by atoms with Crippen molar-refractivity contribution in [2.45, 2.75) is 6.54 Å². The number of rotatable bonds is 6. The maximum atomic E-state index is 11.9. The molecule has 0 spiro atoms. The number of carbonyl (C=O) groups excluding carboxylic acids is 1. The third-order valence-corrected chi connectivity index (χ3v) is 3.40. The fraction of sp³-hybridized carbons (Fsp3) is 0.118. The van der Waals surface area contributed by atoms with E-state index in [9.17, 15) is 4.79 Å². The molecule has 0 aliphatic heterocycles. The van der Waals surface area contributed by atoms with Crippen LogP contribution in [0.5, 0.6) is 5.75 Å². The highest BCUT2D eigenvalue weighted by Crippen LogP contribution is 2.17. The zero-order valence-electron chi connectivity index (χ0n) is 12.7. The van der Waals surface area contributed by atoms with Crippen molar-refractivity contribution in [2.24, 2.45) is 0 Å². The van der Waals surface area contributed by atoms with Crippen LogP contribution in [0.15, 0.2) is 61.1 Å². The Hall–Kier alpha value is -2.86. The normalized spacial score (nSPS) is 10.4. The Bertz CT molecular complexity index is 820. The van der Waals surface area contributed by atoms with Crippen LogP contribution in [0.2, 0.25) is 5.02 Å². The summed E-state index contributed by atoms with van der Waals surface area (Å²) < 4.78 is 7.12. The molecular formula is C17H15ClN4O2. The molecular weight excluding hydrogens is 328 g/mol. The second-order valence-corrected chi connectivity index (χ2v) is 5.48. The van der Waals surface area contributed by atoms with Gasteiger partial charge in [0.25, 0.3) is 5.91 Å². The third kappa shape index (κ3) is 4.57. The van der Waals surface area contributed by atoms with Crippen LogP contribution in [0, 0.1) is 0 Å². The van der Waals surface area contributed by atoms with E-state index < -0.39 is 0 Å². The molecule has 2 aromatic heterocycles. The van der Waals surface area contributed by atoms with Gasteiger partial charge in [-0.25, -0.2) is 0 Å². The fourth-order valence-electron chi connectivity index (χ4n) is 2.08. The Morgan fingerprint density at radius 3 is 2.83 bits per heavy atom. The number of amides is 1. The summed E-state index contributed by atoms with van der Waals surface area (Å²) in [5.74, 6) is 0.730. The number of nitrogens with one attached hydrogen (secondary N) is 1. The van der Waals surface area contributed by atoms with E-state index in [1.807, 2.05) is 12.1 Å². The zero-order chi connectivity index (χ0) is 16.8. The average molecular weight is 343 g/mol. The number of nitrogens with zero attached hydrogens (tertiary/aromatic N) is 3. The first-order valence-corrected chi connectivity index (χ1v) is 7.67. The Morgan fingerprint density at radius 2 is 2.04 bits per heavy atom. The minimum atomic E-state index is -0.288. The zero-order valence-corrected chi connectivity index (χ0v) is 13.5. The van der Waals surface area contributed by atoms with Gasteiger partial charge < -0.3 is 10.1 Å². The second-order valence-electron chi connectivity index (χ2n) is 5.05. The fourth-order valence-corrected chi connectivity index (χ4v) is 2.26. The van der Waals surface area contributed by atoms with Gasteiger partial charge in [-0.3, -0.25) is 14.5 Å². The van der Waals surface area contributed by atoms with Crippen molar-refractivity contribution in [3.63, 3.8) is 0 Å². The van der Waals surface area contributed by atoms with E-state index in [4.69, 9.17) is 16.3 Å². The Balaban J connectivity index is 1.51. The molecule has 0 atom stereocenters. The molecule has 0 unspecified atom stereocenters. The first-order valence-electron chi connectivity index (χ1n) is 7.29. The summed E-state index contributed by atoms with van der Waals surface area (Å²) in [4.78, 5) is 15.9. The molecule has 0 aliphatic carbocycles. The Kier molecular flexibility index (Phi) is 5.08. The molecule has 7 heteroatoms. The molecule has 0 radical (unpaired) electrons. The highest BCUT2D eigenvalue weighted by molar-refractivity contribution is 6.30. The number of ether oxygens (including phenoxy) is 1. The molecule has 0 fully saturated rings. The quantitative estimate of drug-likeness (QED) is 0.747. The molecule has 0 aliphatic rings. The lowest BCUT2D eigenvalue weighted by atomic mass is 10.3. The summed E-state index contributed by atoms with van der Waals surface area (Å²) >= 11 is 5.86. The predicted molar refractivity (Wildman–Crippen MR) is 91.1 cm³/mol. The number of hydrogen-bond donors (Lipinski definition) is 1. The van der Waals surface area contributed by atoms with Crippen LogP contribution in [0.4, 0.5) is 5.82 Å². The topological polar surface area (TPSA) is 69.0 Å². The van der Waals surface area contributed by atoms with Gasteiger partial charge in [-0.15, -0.1) is 0 Å². The van der Waals surface area contributed by atoms with Gasteiger partial charge in [-0.1, -0.05) is 17.7 Å². The van der Waals surface area contributed by atoms with Gasteiger partial charge in [0.1, 0.15) is 5.75 Å². The molecule has 3 rings (SSSR count). The smallest absolute Gasteiger partial charge is 0.263 e. The van der Waals surface area contributed by atoms with Gasteiger partial charge in [0, 0.05) is 29.7 Å². The van der Waals surface area contributed by atoms with Crippen LogP contribution < -0.4 is 10.1 Å². The molecule has 1 N–H and O–H groups in total. The lowest BCUT2D eigenvalue weighted by Gasteiger charge is -2.06. The van der Waals surface area contributed by atoms with Gasteiger partial charge in [0.2, 0.25) is 0 Å². The lowest BCUT2D eigenvalue weighted by molar-refractivity contribution is -0.118. The molecule has 122 valence electrons. The standard InChI is InChI=1S/C17H15ClN4O2/c18-14-2-1-3-15(10-14)24-12-17(23)20-16-6-9-22(21-16)11-13-4-7-19-8-5-13/h1-10H,11-12H2,(H,20,21,23). The minimum Gasteiger partial charge on any atom is -0.484 e. The summed E-state index contributed by atoms with van der Waals surface area (Å²) in [6.45, 7) is 0.495. The molecule has 6 nitrogen and oxygen atoms in total. The van der Waals surface area contributed by atoms with Crippen LogP contribution in [0.1, 0.15) is 5.56 Å². The van der Waals surface area contributed by atoms with Crippen LogP contribution in [-0.2, 0) is 11.3 Å². The number of hydrogen-bond acceptors (Lipinski definition) is 4. The molecule has 24 heavy (non-hydrogen) atoms. The number of halogens is 1. The van der Waals surface area contributed by atoms with Gasteiger partial charge in [-0.2, -0.15) is 5.10 Å². The summed E-state index contributed by atoms with van der Waals surface area (Å²) in [6, 6.07) is 12.5. The minimum absolute atomic E-state index is 0.114. The number of carbonyl (C=O) groups is 1. The summed E-state index contributed by atoms with van der Waals surface area (Å²) in [7, 11) is 0. The molecule has 2 heterocycles. The van der Waals surface area contributed by atoms with Crippen LogP contribution in [0.3, 0.4) is 0 Å². The van der Waals surface area contributed by atoms with E-state index in [0.717, 1.165) is 5.56 Å². The molecule has 0 saturated carbocycles. The van der Waals surface area contributed by atoms with Gasteiger partial charge in [0.05, 0.1) is 6.54 Å². The van der Waals surface area contributed by atoms with E-state index in [0.29, 0.717) is 23.1 Å². The number of aromatic nitrogens is 3. The maximum Gasteiger partial charge on any atom is 0.263 e. The van der Waals surface area contributed by atoms with Crippen LogP contribution in [0.25, 0.3) is 0 Å². The lowest BCUT2D eigenvalue weighted by Crippen LogP contribution is -2.20. The largest absolute Gasteiger partial charge is 0.484 e. The molecule has 1 aromatic carbocycles. The van der Waals surface area contributed by atoms with E-state index in [1.54, 1.807) is 53.6 Å². The SMILES string of the molecule is O=C(COc1cccc(Cl)c1)Nc1ccn(Cc2ccncc2)n1. The van der Waals surface area contributed by atoms with E-state index >= 15 is 0 Å². The van der Waals surface area contributed by atoms with Crippen LogP contribution >= 0.6 is 11.6 Å². The van der Waals surface area contributed by atoms with Crippen molar-refractivity contribution in [3.8, 4) is 5.75 Å².